The molecule has 33 heavy (non-hydrogen) atoms. The van der Waals surface area contributed by atoms with Crippen molar-refractivity contribution in [3.8, 4) is 22.8 Å². The van der Waals surface area contributed by atoms with Crippen molar-refractivity contribution < 1.29 is 14.4 Å². The second kappa shape index (κ2) is 9.63. The normalized spacial score (nSPS) is 14.4. The summed E-state index contributed by atoms with van der Waals surface area (Å²) in [5.41, 5.74) is 3.27. The van der Waals surface area contributed by atoms with Gasteiger partial charge in [0.1, 0.15) is 17.2 Å². The molecule has 4 rings (SSSR count). The van der Waals surface area contributed by atoms with E-state index in [1.807, 2.05) is 25.2 Å². The van der Waals surface area contributed by atoms with Gasteiger partial charge in [-0.15, -0.1) is 5.10 Å². The number of benzene rings is 2. The standard InChI is InChI=1S/C22H25ClN6O4/c1-26-18(22(24-25-26)21-19(32-2)5-4-6-20(21)33-3)14-27-9-11-28(12-10-27)17-8-7-15(29(30)31)13-16(17)23/h4-8,13H,9-12,14H2,1-3H3. The first-order chi connectivity index (χ1) is 15.9. The molecule has 2 heterocycles. The number of ether oxygens (including phenoxy) is 2. The number of piperazine rings is 1. The fraction of sp³-hybridized carbons (Fsp3) is 0.364. The van der Waals surface area contributed by atoms with E-state index >= 15 is 0 Å². The second-order valence-corrected chi connectivity index (χ2v) is 8.11. The number of rotatable bonds is 7. The van der Waals surface area contributed by atoms with Crippen LogP contribution in [0.3, 0.4) is 0 Å². The van der Waals surface area contributed by atoms with Crippen LogP contribution < -0.4 is 14.4 Å². The van der Waals surface area contributed by atoms with Crippen molar-refractivity contribution >= 4 is 23.0 Å². The third kappa shape index (κ3) is 4.57. The molecule has 2 aromatic carbocycles. The van der Waals surface area contributed by atoms with Crippen LogP contribution in [0.25, 0.3) is 11.3 Å². The number of nitro benzene ring substituents is 1. The molecule has 3 aromatic rings. The molecule has 10 nitrogen and oxygen atoms in total. The molecule has 0 saturated carbocycles. The number of hydrogen-bond acceptors (Lipinski definition) is 8. The van der Waals surface area contributed by atoms with Crippen molar-refractivity contribution in [2.75, 3.05) is 45.3 Å². The van der Waals surface area contributed by atoms with Gasteiger partial charge in [-0.1, -0.05) is 22.9 Å². The molecule has 1 aliphatic rings. The largest absolute Gasteiger partial charge is 0.496 e. The topological polar surface area (TPSA) is 98.8 Å². The number of nitro groups is 1. The summed E-state index contributed by atoms with van der Waals surface area (Å²) >= 11 is 6.32. The van der Waals surface area contributed by atoms with Crippen LogP contribution in [-0.4, -0.2) is 65.2 Å². The fourth-order valence-electron chi connectivity index (χ4n) is 4.06. The van der Waals surface area contributed by atoms with Crippen LogP contribution in [0.4, 0.5) is 11.4 Å². The highest BCUT2D eigenvalue weighted by Gasteiger charge is 2.25. The first-order valence-corrected chi connectivity index (χ1v) is 10.8. The van der Waals surface area contributed by atoms with Crippen molar-refractivity contribution in [2.24, 2.45) is 7.05 Å². The van der Waals surface area contributed by atoms with E-state index in [9.17, 15) is 10.1 Å². The number of methoxy groups -OCH3 is 2. The van der Waals surface area contributed by atoms with Gasteiger partial charge in [0, 0.05) is 51.9 Å². The number of aromatic nitrogens is 3. The zero-order valence-electron chi connectivity index (χ0n) is 18.7. The summed E-state index contributed by atoms with van der Waals surface area (Å²) in [4.78, 5) is 15.0. The van der Waals surface area contributed by atoms with Crippen LogP contribution in [0.5, 0.6) is 11.5 Å². The summed E-state index contributed by atoms with van der Waals surface area (Å²) in [6.45, 7) is 3.73. The van der Waals surface area contributed by atoms with Crippen molar-refractivity contribution in [3.05, 3.63) is 57.2 Å². The zero-order chi connectivity index (χ0) is 23.5. The number of halogens is 1. The Morgan fingerprint density at radius 2 is 1.76 bits per heavy atom. The molecule has 0 bridgehead atoms. The van der Waals surface area contributed by atoms with Crippen molar-refractivity contribution in [3.63, 3.8) is 0 Å². The van der Waals surface area contributed by atoms with Crippen molar-refractivity contribution in [1.29, 1.82) is 0 Å². The van der Waals surface area contributed by atoms with Crippen LogP contribution >= 0.6 is 11.6 Å². The van der Waals surface area contributed by atoms with Gasteiger partial charge in [-0.2, -0.15) is 0 Å². The molecule has 0 unspecified atom stereocenters. The minimum absolute atomic E-state index is 0.00890. The summed E-state index contributed by atoms with van der Waals surface area (Å²) in [6, 6.07) is 10.2. The Hall–Kier alpha value is -3.37. The number of anilines is 1. The third-order valence-electron chi connectivity index (χ3n) is 5.84. The molecule has 1 aliphatic heterocycles. The third-order valence-corrected chi connectivity index (χ3v) is 6.14. The summed E-state index contributed by atoms with van der Waals surface area (Å²) in [7, 11) is 5.12. The van der Waals surface area contributed by atoms with Gasteiger partial charge < -0.3 is 14.4 Å². The van der Waals surface area contributed by atoms with Crippen LogP contribution in [0.15, 0.2) is 36.4 Å². The molecule has 0 amide bonds. The number of hydrogen-bond donors (Lipinski definition) is 0. The Labute approximate surface area is 196 Å². The van der Waals surface area contributed by atoms with Crippen LogP contribution in [-0.2, 0) is 13.6 Å². The number of non-ortho nitro benzene ring substituents is 1. The molecule has 1 saturated heterocycles. The van der Waals surface area contributed by atoms with Crippen molar-refractivity contribution in [2.45, 2.75) is 6.54 Å². The highest BCUT2D eigenvalue weighted by atomic mass is 35.5. The molecule has 0 N–H and O–H groups in total. The van der Waals surface area contributed by atoms with Gasteiger partial charge in [0.15, 0.2) is 0 Å². The molecule has 174 valence electrons. The Morgan fingerprint density at radius 3 is 2.33 bits per heavy atom. The predicted octanol–water partition coefficient (Wildman–Crippen LogP) is 3.38. The van der Waals surface area contributed by atoms with Gasteiger partial charge in [-0.05, 0) is 18.2 Å². The summed E-state index contributed by atoms with van der Waals surface area (Å²) in [5.74, 6) is 1.35. The van der Waals surface area contributed by atoms with Gasteiger partial charge in [-0.25, -0.2) is 0 Å². The molecule has 0 aliphatic carbocycles. The van der Waals surface area contributed by atoms with Crippen LogP contribution in [0.1, 0.15) is 5.69 Å². The Morgan fingerprint density at radius 1 is 1.09 bits per heavy atom. The predicted molar refractivity (Wildman–Crippen MR) is 125 cm³/mol. The number of nitrogens with zero attached hydrogens (tertiary/aromatic N) is 6. The molecule has 1 fully saturated rings. The summed E-state index contributed by atoms with van der Waals surface area (Å²) in [5, 5.41) is 20.0. The van der Waals surface area contributed by atoms with E-state index in [0.717, 1.165) is 48.8 Å². The molecular weight excluding hydrogens is 448 g/mol. The highest BCUT2D eigenvalue weighted by molar-refractivity contribution is 6.33. The Kier molecular flexibility index (Phi) is 6.66. The SMILES string of the molecule is COc1cccc(OC)c1-c1nnn(C)c1CN1CCN(c2ccc([N+](=O)[O-])cc2Cl)CC1. The first kappa shape index (κ1) is 22.8. The minimum Gasteiger partial charge on any atom is -0.496 e. The van der Waals surface area contributed by atoms with Gasteiger partial charge in [0.25, 0.3) is 5.69 Å². The van der Waals surface area contributed by atoms with Crippen LogP contribution in [0, 0.1) is 10.1 Å². The van der Waals surface area contributed by atoms with E-state index in [1.54, 1.807) is 25.0 Å². The fourth-order valence-corrected chi connectivity index (χ4v) is 4.35. The van der Waals surface area contributed by atoms with E-state index in [4.69, 9.17) is 21.1 Å². The van der Waals surface area contributed by atoms with Gasteiger partial charge in [-0.3, -0.25) is 19.7 Å². The van der Waals surface area contributed by atoms with E-state index < -0.39 is 4.92 Å². The lowest BCUT2D eigenvalue weighted by Crippen LogP contribution is -2.46. The maximum atomic E-state index is 11.0. The maximum Gasteiger partial charge on any atom is 0.271 e. The van der Waals surface area contributed by atoms with Gasteiger partial charge in [0.2, 0.25) is 0 Å². The minimum atomic E-state index is -0.441. The highest BCUT2D eigenvalue weighted by Crippen LogP contribution is 2.39. The van der Waals surface area contributed by atoms with Crippen molar-refractivity contribution in [1.82, 2.24) is 19.9 Å². The van der Waals surface area contributed by atoms with E-state index in [1.165, 1.54) is 12.1 Å². The Bertz CT molecular complexity index is 1140. The van der Waals surface area contributed by atoms with Crippen LogP contribution in [0.2, 0.25) is 5.02 Å². The summed E-state index contributed by atoms with van der Waals surface area (Å²) < 4.78 is 12.9. The molecule has 0 atom stereocenters. The molecular formula is C22H25ClN6O4. The molecule has 1 aromatic heterocycles. The molecule has 11 heteroatoms. The van der Waals surface area contributed by atoms with E-state index in [2.05, 4.69) is 20.1 Å². The summed E-state index contributed by atoms with van der Waals surface area (Å²) in [6.07, 6.45) is 0. The Balaban J connectivity index is 1.51. The maximum absolute atomic E-state index is 11.0. The lowest BCUT2D eigenvalue weighted by atomic mass is 10.1. The molecule has 0 radical (unpaired) electrons. The van der Waals surface area contributed by atoms with Gasteiger partial charge in [0.05, 0.1) is 41.1 Å². The average molecular weight is 473 g/mol. The molecule has 0 spiro atoms. The van der Waals surface area contributed by atoms with E-state index in [0.29, 0.717) is 23.1 Å². The smallest absolute Gasteiger partial charge is 0.271 e. The number of aryl methyl sites for hydroxylation is 1. The lowest BCUT2D eigenvalue weighted by Gasteiger charge is -2.36. The van der Waals surface area contributed by atoms with E-state index in [-0.39, 0.29) is 5.69 Å². The zero-order valence-corrected chi connectivity index (χ0v) is 19.4. The van der Waals surface area contributed by atoms with Gasteiger partial charge >= 0.3 is 0 Å². The quantitative estimate of drug-likeness (QED) is 0.381. The second-order valence-electron chi connectivity index (χ2n) is 7.70. The lowest BCUT2D eigenvalue weighted by molar-refractivity contribution is -0.384. The average Bonchev–Trinajstić information content (AvgIpc) is 3.18. The monoisotopic (exact) mass is 472 g/mol. The first-order valence-electron chi connectivity index (χ1n) is 10.4.